The Morgan fingerprint density at radius 3 is 2.82 bits per heavy atom. The molecule has 2 fully saturated rings. The maximum atomic E-state index is 12.7. The highest BCUT2D eigenvalue weighted by Crippen LogP contribution is 2.31. The molecule has 1 N–H and O–H groups in total. The Morgan fingerprint density at radius 2 is 2.04 bits per heavy atom. The van der Waals surface area contributed by atoms with Crippen LogP contribution < -0.4 is 0 Å². The number of hydrogen-bond donors (Lipinski definition) is 1. The standard InChI is InChI=1S/C22H28N4O2/c27-21(8-6-17-4-2-1-3-5-17)25-12-11-20-18(15-25)7-9-22(28)26(20)13-10-19-14-23-16-24-19/h1-5,14,16,18,20H,6-13,15H2,(H,23,24)/t18-,20+/m1/s1. The zero-order valence-corrected chi connectivity index (χ0v) is 16.2. The molecule has 2 aliphatic rings. The van der Waals surface area contributed by atoms with Crippen molar-refractivity contribution in [1.29, 1.82) is 0 Å². The summed E-state index contributed by atoms with van der Waals surface area (Å²) in [6, 6.07) is 10.4. The van der Waals surface area contributed by atoms with Crippen molar-refractivity contribution in [1.82, 2.24) is 19.8 Å². The molecule has 28 heavy (non-hydrogen) atoms. The van der Waals surface area contributed by atoms with Gasteiger partial charge >= 0.3 is 0 Å². The van der Waals surface area contributed by atoms with E-state index in [-0.39, 0.29) is 17.9 Å². The molecule has 6 heteroatoms. The quantitative estimate of drug-likeness (QED) is 0.837. The largest absolute Gasteiger partial charge is 0.348 e. The van der Waals surface area contributed by atoms with E-state index in [1.807, 2.05) is 29.3 Å². The second kappa shape index (κ2) is 8.59. The Hall–Kier alpha value is -2.63. The molecule has 2 aromatic rings. The van der Waals surface area contributed by atoms with Gasteiger partial charge in [-0.05, 0) is 30.7 Å². The van der Waals surface area contributed by atoms with Gasteiger partial charge in [0.1, 0.15) is 0 Å². The number of amides is 2. The average Bonchev–Trinajstić information content (AvgIpc) is 3.25. The monoisotopic (exact) mass is 380 g/mol. The van der Waals surface area contributed by atoms with Crippen LogP contribution in [-0.4, -0.2) is 57.3 Å². The Bertz CT molecular complexity index is 790. The number of aryl methyl sites for hydroxylation is 1. The molecule has 0 aliphatic carbocycles. The number of nitrogens with one attached hydrogen (secondary N) is 1. The molecule has 148 valence electrons. The third-order valence-electron chi connectivity index (χ3n) is 6.14. The summed E-state index contributed by atoms with van der Waals surface area (Å²) in [5, 5.41) is 0. The van der Waals surface area contributed by atoms with Crippen LogP contribution in [0.25, 0.3) is 0 Å². The fourth-order valence-electron chi connectivity index (χ4n) is 4.58. The molecule has 1 aromatic heterocycles. The molecular formula is C22H28N4O2. The second-order valence-corrected chi connectivity index (χ2v) is 7.89. The van der Waals surface area contributed by atoms with Crippen LogP contribution in [0.3, 0.4) is 0 Å². The third kappa shape index (κ3) is 4.26. The highest BCUT2D eigenvalue weighted by molar-refractivity contribution is 5.78. The van der Waals surface area contributed by atoms with Gasteiger partial charge in [-0.2, -0.15) is 0 Å². The van der Waals surface area contributed by atoms with Crippen molar-refractivity contribution in [2.45, 2.75) is 44.6 Å². The predicted molar refractivity (Wildman–Crippen MR) is 106 cm³/mol. The lowest BCUT2D eigenvalue weighted by Gasteiger charge is -2.47. The van der Waals surface area contributed by atoms with E-state index in [0.717, 1.165) is 51.0 Å². The first-order chi connectivity index (χ1) is 13.7. The zero-order valence-electron chi connectivity index (χ0n) is 16.2. The normalized spacial score (nSPS) is 22.2. The third-order valence-corrected chi connectivity index (χ3v) is 6.14. The van der Waals surface area contributed by atoms with Gasteiger partial charge < -0.3 is 14.8 Å². The maximum absolute atomic E-state index is 12.7. The number of fused-ring (bicyclic) bond motifs is 1. The summed E-state index contributed by atoms with van der Waals surface area (Å²) < 4.78 is 0. The number of rotatable bonds is 6. The topological polar surface area (TPSA) is 69.3 Å². The number of likely N-dealkylation sites (tertiary alicyclic amines) is 2. The Morgan fingerprint density at radius 1 is 1.18 bits per heavy atom. The van der Waals surface area contributed by atoms with E-state index in [4.69, 9.17) is 0 Å². The van der Waals surface area contributed by atoms with E-state index in [0.29, 0.717) is 18.8 Å². The highest BCUT2D eigenvalue weighted by Gasteiger charge is 2.39. The maximum Gasteiger partial charge on any atom is 0.222 e. The number of imidazole rings is 1. The summed E-state index contributed by atoms with van der Waals surface area (Å²) in [5.74, 6) is 0.890. The Kier molecular flexibility index (Phi) is 5.74. The van der Waals surface area contributed by atoms with E-state index in [2.05, 4.69) is 27.0 Å². The summed E-state index contributed by atoms with van der Waals surface area (Å²) in [6.07, 6.45) is 8.02. The van der Waals surface area contributed by atoms with Gasteiger partial charge in [-0.1, -0.05) is 30.3 Å². The number of aromatic nitrogens is 2. The van der Waals surface area contributed by atoms with E-state index in [1.54, 1.807) is 6.33 Å². The van der Waals surface area contributed by atoms with E-state index in [9.17, 15) is 9.59 Å². The number of carbonyl (C=O) groups excluding carboxylic acids is 2. The van der Waals surface area contributed by atoms with Crippen molar-refractivity contribution in [3.05, 3.63) is 54.1 Å². The van der Waals surface area contributed by atoms with E-state index in [1.165, 1.54) is 5.56 Å². The van der Waals surface area contributed by atoms with Gasteiger partial charge in [0, 0.05) is 56.8 Å². The molecule has 0 spiro atoms. The predicted octanol–water partition coefficient (Wildman–Crippen LogP) is 2.42. The van der Waals surface area contributed by atoms with Crippen LogP contribution in [0.15, 0.2) is 42.9 Å². The highest BCUT2D eigenvalue weighted by atomic mass is 16.2. The number of nitrogens with zero attached hydrogens (tertiary/aromatic N) is 3. The van der Waals surface area contributed by atoms with Gasteiger partial charge in [-0.3, -0.25) is 9.59 Å². The number of piperidine rings is 2. The molecule has 4 rings (SSSR count). The van der Waals surface area contributed by atoms with Gasteiger partial charge in [-0.15, -0.1) is 0 Å². The molecule has 0 radical (unpaired) electrons. The van der Waals surface area contributed by atoms with Gasteiger partial charge in [-0.25, -0.2) is 4.98 Å². The molecular weight excluding hydrogens is 352 g/mol. The summed E-state index contributed by atoms with van der Waals surface area (Å²) in [4.78, 5) is 36.5. The lowest BCUT2D eigenvalue weighted by molar-refractivity contribution is -0.144. The van der Waals surface area contributed by atoms with Crippen molar-refractivity contribution in [2.24, 2.45) is 5.92 Å². The summed E-state index contributed by atoms with van der Waals surface area (Å²) in [7, 11) is 0. The Labute approximate surface area is 165 Å². The van der Waals surface area contributed by atoms with Crippen molar-refractivity contribution >= 4 is 11.8 Å². The minimum absolute atomic E-state index is 0.239. The number of benzene rings is 1. The van der Waals surface area contributed by atoms with Crippen LogP contribution in [0.1, 0.15) is 36.9 Å². The minimum Gasteiger partial charge on any atom is -0.348 e. The molecule has 2 amide bonds. The van der Waals surface area contributed by atoms with Crippen LogP contribution in [0, 0.1) is 5.92 Å². The number of carbonyl (C=O) groups is 2. The average molecular weight is 380 g/mol. The van der Waals surface area contributed by atoms with Gasteiger partial charge in [0.25, 0.3) is 0 Å². The van der Waals surface area contributed by atoms with Crippen molar-refractivity contribution in [3.8, 4) is 0 Å². The second-order valence-electron chi connectivity index (χ2n) is 7.89. The fraction of sp³-hybridized carbons (Fsp3) is 0.500. The van der Waals surface area contributed by atoms with Gasteiger partial charge in [0.15, 0.2) is 0 Å². The van der Waals surface area contributed by atoms with Gasteiger partial charge in [0.05, 0.1) is 6.33 Å². The molecule has 2 saturated heterocycles. The number of aromatic amines is 1. The van der Waals surface area contributed by atoms with Crippen LogP contribution in [0.2, 0.25) is 0 Å². The molecule has 0 unspecified atom stereocenters. The molecule has 2 aliphatic heterocycles. The summed E-state index contributed by atoms with van der Waals surface area (Å²) in [5.41, 5.74) is 2.27. The molecule has 1 aromatic carbocycles. The van der Waals surface area contributed by atoms with E-state index >= 15 is 0 Å². The van der Waals surface area contributed by atoms with Crippen molar-refractivity contribution in [3.63, 3.8) is 0 Å². The van der Waals surface area contributed by atoms with Crippen molar-refractivity contribution in [2.75, 3.05) is 19.6 Å². The minimum atomic E-state index is 0.239. The van der Waals surface area contributed by atoms with E-state index < -0.39 is 0 Å². The zero-order chi connectivity index (χ0) is 19.3. The van der Waals surface area contributed by atoms with Crippen LogP contribution in [-0.2, 0) is 22.4 Å². The lowest BCUT2D eigenvalue weighted by Crippen LogP contribution is -2.57. The van der Waals surface area contributed by atoms with Gasteiger partial charge in [0.2, 0.25) is 11.8 Å². The molecule has 6 nitrogen and oxygen atoms in total. The van der Waals surface area contributed by atoms with Crippen LogP contribution in [0.4, 0.5) is 0 Å². The lowest BCUT2D eigenvalue weighted by atomic mass is 9.83. The summed E-state index contributed by atoms with van der Waals surface area (Å²) >= 11 is 0. The van der Waals surface area contributed by atoms with Crippen LogP contribution in [0.5, 0.6) is 0 Å². The molecule has 0 saturated carbocycles. The van der Waals surface area contributed by atoms with Crippen LogP contribution >= 0.6 is 0 Å². The summed E-state index contributed by atoms with van der Waals surface area (Å²) in [6.45, 7) is 2.26. The SMILES string of the molecule is O=C(CCc1ccccc1)N1CC[C@H]2[C@H](CCC(=O)N2CCc2cnc[nH]2)C1. The van der Waals surface area contributed by atoms with Crippen molar-refractivity contribution < 1.29 is 9.59 Å². The number of H-pyrrole nitrogens is 1. The first kappa shape index (κ1) is 18.7. The fourth-order valence-corrected chi connectivity index (χ4v) is 4.58. The Balaban J connectivity index is 1.32. The number of hydrogen-bond acceptors (Lipinski definition) is 3. The first-order valence-electron chi connectivity index (χ1n) is 10.3. The first-order valence-corrected chi connectivity index (χ1v) is 10.3. The molecule has 3 heterocycles. The smallest absolute Gasteiger partial charge is 0.222 e. The molecule has 2 atom stereocenters. The molecule has 0 bridgehead atoms.